The molecule has 0 spiro atoms. The lowest BCUT2D eigenvalue weighted by atomic mass is 9.95. The van der Waals surface area contributed by atoms with Crippen LogP contribution in [0.15, 0.2) is 70.5 Å². The number of nitrogens with zero attached hydrogens (tertiary/aromatic N) is 1. The van der Waals surface area contributed by atoms with Gasteiger partial charge < -0.3 is 5.32 Å². The van der Waals surface area contributed by atoms with Gasteiger partial charge in [0.1, 0.15) is 0 Å². The molecule has 4 rings (SSSR count). The standard InChI is InChI=1S/C26H30ClN3O5S2/c1-26(2,18-27)25(31)28-19-12-14-20(15-13-19)29-36(32,33)23-10-6-9-22-21(23)8-7-11-24(22)37(34,35)30-16-4-3-5-17-30/h6-15,29H,3-5,16-18H2,1-2H3,(H,28,31). The van der Waals surface area contributed by atoms with Crippen molar-refractivity contribution in [2.24, 2.45) is 5.41 Å². The third kappa shape index (κ3) is 5.77. The lowest BCUT2D eigenvalue weighted by Crippen LogP contribution is -2.35. The number of amides is 1. The van der Waals surface area contributed by atoms with Gasteiger partial charge in [-0.1, -0.05) is 30.7 Å². The van der Waals surface area contributed by atoms with Crippen LogP contribution in [0.5, 0.6) is 0 Å². The van der Waals surface area contributed by atoms with E-state index in [0.717, 1.165) is 19.3 Å². The van der Waals surface area contributed by atoms with Crippen molar-refractivity contribution in [3.63, 3.8) is 0 Å². The van der Waals surface area contributed by atoms with Crippen molar-refractivity contribution in [3.8, 4) is 0 Å². The Hall–Kier alpha value is -2.66. The summed E-state index contributed by atoms with van der Waals surface area (Å²) in [7, 11) is -7.82. The molecule has 0 atom stereocenters. The van der Waals surface area contributed by atoms with Crippen LogP contribution in [-0.2, 0) is 24.8 Å². The van der Waals surface area contributed by atoms with Crippen LogP contribution in [0.25, 0.3) is 10.8 Å². The van der Waals surface area contributed by atoms with E-state index in [9.17, 15) is 21.6 Å². The number of hydrogen-bond acceptors (Lipinski definition) is 5. The van der Waals surface area contributed by atoms with Crippen LogP contribution < -0.4 is 10.0 Å². The molecule has 1 aliphatic heterocycles. The average Bonchev–Trinajstić information content (AvgIpc) is 2.89. The first kappa shape index (κ1) is 27.4. The Morgan fingerprint density at radius 1 is 0.838 bits per heavy atom. The zero-order chi connectivity index (χ0) is 26.8. The molecule has 0 aliphatic carbocycles. The summed E-state index contributed by atoms with van der Waals surface area (Å²) in [6.07, 6.45) is 2.61. The van der Waals surface area contributed by atoms with Crippen LogP contribution in [0.1, 0.15) is 33.1 Å². The summed E-state index contributed by atoms with van der Waals surface area (Å²) in [5.74, 6) is -0.0927. The Labute approximate surface area is 223 Å². The van der Waals surface area contributed by atoms with Crippen molar-refractivity contribution in [2.75, 3.05) is 29.0 Å². The summed E-state index contributed by atoms with van der Waals surface area (Å²) in [5, 5.41) is 3.44. The topological polar surface area (TPSA) is 113 Å². The number of piperidine rings is 1. The summed E-state index contributed by atoms with van der Waals surface area (Å²) >= 11 is 5.85. The molecule has 1 saturated heterocycles. The molecule has 1 amide bonds. The van der Waals surface area contributed by atoms with Gasteiger partial charge in [0.25, 0.3) is 10.0 Å². The summed E-state index contributed by atoms with van der Waals surface area (Å²) in [6.45, 7) is 4.37. The minimum absolute atomic E-state index is 0.0260. The highest BCUT2D eigenvalue weighted by Crippen LogP contribution is 2.32. The zero-order valence-electron chi connectivity index (χ0n) is 20.7. The first-order chi connectivity index (χ1) is 17.5. The first-order valence-electron chi connectivity index (χ1n) is 12.0. The molecule has 37 heavy (non-hydrogen) atoms. The first-order valence-corrected chi connectivity index (χ1v) is 15.4. The van der Waals surface area contributed by atoms with Gasteiger partial charge in [-0.15, -0.1) is 11.6 Å². The van der Waals surface area contributed by atoms with Gasteiger partial charge in [-0.05, 0) is 63.1 Å². The highest BCUT2D eigenvalue weighted by atomic mass is 35.5. The van der Waals surface area contributed by atoms with Gasteiger partial charge in [0.2, 0.25) is 15.9 Å². The van der Waals surface area contributed by atoms with E-state index in [4.69, 9.17) is 11.6 Å². The van der Waals surface area contributed by atoms with Crippen molar-refractivity contribution in [1.82, 2.24) is 4.31 Å². The predicted molar refractivity (Wildman–Crippen MR) is 147 cm³/mol. The zero-order valence-corrected chi connectivity index (χ0v) is 23.1. The largest absolute Gasteiger partial charge is 0.326 e. The SMILES string of the molecule is CC(C)(CCl)C(=O)Nc1ccc(NS(=O)(=O)c2cccc3c(S(=O)(=O)N4CCCCC4)cccc23)cc1. The highest BCUT2D eigenvalue weighted by Gasteiger charge is 2.29. The molecule has 0 saturated carbocycles. The third-order valence-electron chi connectivity index (χ3n) is 6.41. The van der Waals surface area contributed by atoms with Crippen molar-refractivity contribution >= 4 is 59.7 Å². The number of benzene rings is 3. The monoisotopic (exact) mass is 563 g/mol. The summed E-state index contributed by atoms with van der Waals surface area (Å²) in [6, 6.07) is 15.6. The molecule has 2 N–H and O–H groups in total. The predicted octanol–water partition coefficient (Wildman–Crippen LogP) is 5.02. The van der Waals surface area contributed by atoms with E-state index in [-0.39, 0.29) is 21.6 Å². The Kier molecular flexibility index (Phi) is 7.85. The number of carbonyl (C=O) groups is 1. The molecule has 1 aliphatic rings. The maximum absolute atomic E-state index is 13.4. The molecule has 0 radical (unpaired) electrons. The minimum Gasteiger partial charge on any atom is -0.326 e. The number of carbonyl (C=O) groups excluding carboxylic acids is 1. The second-order valence-electron chi connectivity index (χ2n) is 9.73. The average molecular weight is 564 g/mol. The maximum atomic E-state index is 13.4. The maximum Gasteiger partial charge on any atom is 0.262 e. The molecule has 198 valence electrons. The number of nitrogens with one attached hydrogen (secondary N) is 2. The third-order valence-corrected chi connectivity index (χ3v) is 10.5. The lowest BCUT2D eigenvalue weighted by molar-refractivity contribution is -0.122. The number of halogens is 1. The fourth-order valence-corrected chi connectivity index (χ4v) is 7.28. The van der Waals surface area contributed by atoms with Crippen LogP contribution in [0.2, 0.25) is 0 Å². The van der Waals surface area contributed by atoms with Crippen molar-refractivity contribution in [2.45, 2.75) is 42.9 Å². The molecule has 1 heterocycles. The molecule has 1 fully saturated rings. The van der Waals surface area contributed by atoms with Crippen LogP contribution in [-0.4, -0.2) is 46.0 Å². The summed E-state index contributed by atoms with van der Waals surface area (Å²) in [4.78, 5) is 12.4. The van der Waals surface area contributed by atoms with E-state index in [0.29, 0.717) is 35.2 Å². The second-order valence-corrected chi connectivity index (χ2v) is 13.6. The minimum atomic E-state index is -4.05. The number of sulfonamides is 2. The molecule has 0 aromatic heterocycles. The number of alkyl halides is 1. The number of hydrogen-bond donors (Lipinski definition) is 2. The second kappa shape index (κ2) is 10.6. The van der Waals surface area contributed by atoms with E-state index < -0.39 is 25.5 Å². The number of fused-ring (bicyclic) bond motifs is 1. The van der Waals surface area contributed by atoms with E-state index in [1.165, 1.54) is 28.6 Å². The quantitative estimate of drug-likeness (QED) is 0.374. The van der Waals surface area contributed by atoms with Gasteiger partial charge in [0.05, 0.1) is 15.2 Å². The van der Waals surface area contributed by atoms with Crippen molar-refractivity contribution in [3.05, 3.63) is 60.7 Å². The molecular weight excluding hydrogens is 534 g/mol. The molecule has 3 aromatic carbocycles. The molecular formula is C26H30ClN3O5S2. The lowest BCUT2D eigenvalue weighted by Gasteiger charge is -2.26. The summed E-state index contributed by atoms with van der Waals surface area (Å²) in [5.41, 5.74) is 0.0452. The Morgan fingerprint density at radius 2 is 1.38 bits per heavy atom. The van der Waals surface area contributed by atoms with E-state index in [1.54, 1.807) is 50.2 Å². The number of anilines is 2. The number of rotatable bonds is 8. The molecule has 0 unspecified atom stereocenters. The van der Waals surface area contributed by atoms with E-state index >= 15 is 0 Å². The van der Waals surface area contributed by atoms with Gasteiger partial charge in [-0.2, -0.15) is 4.31 Å². The smallest absolute Gasteiger partial charge is 0.262 e. The van der Waals surface area contributed by atoms with Crippen LogP contribution in [0.3, 0.4) is 0 Å². The van der Waals surface area contributed by atoms with Gasteiger partial charge >= 0.3 is 0 Å². The van der Waals surface area contributed by atoms with Gasteiger partial charge in [-0.25, -0.2) is 16.8 Å². The van der Waals surface area contributed by atoms with Crippen LogP contribution >= 0.6 is 11.6 Å². The molecule has 3 aromatic rings. The molecule has 11 heteroatoms. The van der Waals surface area contributed by atoms with E-state index in [1.807, 2.05) is 0 Å². The Morgan fingerprint density at radius 3 is 1.97 bits per heavy atom. The fraction of sp³-hybridized carbons (Fsp3) is 0.346. The van der Waals surface area contributed by atoms with Crippen molar-refractivity contribution < 1.29 is 21.6 Å². The molecule has 0 bridgehead atoms. The van der Waals surface area contributed by atoms with Crippen molar-refractivity contribution in [1.29, 1.82) is 0 Å². The normalized spacial score (nSPS) is 15.4. The Bertz CT molecular complexity index is 1520. The summed E-state index contributed by atoms with van der Waals surface area (Å²) < 4.78 is 57.5. The van der Waals surface area contributed by atoms with Crippen LogP contribution in [0, 0.1) is 5.41 Å². The molecule has 8 nitrogen and oxygen atoms in total. The Balaban J connectivity index is 1.62. The highest BCUT2D eigenvalue weighted by molar-refractivity contribution is 7.93. The fourth-order valence-electron chi connectivity index (χ4n) is 4.15. The van der Waals surface area contributed by atoms with E-state index in [2.05, 4.69) is 10.0 Å². The van der Waals surface area contributed by atoms with Gasteiger partial charge in [-0.3, -0.25) is 9.52 Å². The van der Waals surface area contributed by atoms with Crippen LogP contribution in [0.4, 0.5) is 11.4 Å². The van der Waals surface area contributed by atoms with Gasteiger partial charge in [0, 0.05) is 41.1 Å². The van der Waals surface area contributed by atoms with Gasteiger partial charge in [0.15, 0.2) is 0 Å².